The summed E-state index contributed by atoms with van der Waals surface area (Å²) < 4.78 is 5.24. The highest BCUT2D eigenvalue weighted by Crippen LogP contribution is 2.21. The number of ether oxygens (including phenoxy) is 1. The number of carbonyl (C=O) groups excluding carboxylic acids is 1. The summed E-state index contributed by atoms with van der Waals surface area (Å²) in [6.45, 7) is 0. The topological polar surface area (TPSA) is 66.5 Å². The van der Waals surface area contributed by atoms with Crippen LogP contribution in [-0.4, -0.2) is 24.2 Å². The molecule has 0 saturated carbocycles. The number of carbonyl (C=O) groups is 1. The first kappa shape index (κ1) is 16.8. The molecule has 1 heterocycles. The third-order valence-electron chi connectivity index (χ3n) is 4.50. The van der Waals surface area contributed by atoms with Crippen LogP contribution in [0, 0.1) is 0 Å². The van der Waals surface area contributed by atoms with Gasteiger partial charge in [-0.15, -0.1) is 0 Å². The number of fused-ring (bicyclic) bond motifs is 2. The molecule has 4 rings (SSSR count). The fraction of sp³-hybridized carbons (Fsp3) is 0.0909. The van der Waals surface area contributed by atoms with Crippen molar-refractivity contribution in [3.05, 3.63) is 78.0 Å². The normalized spacial score (nSPS) is 11.3. The lowest BCUT2D eigenvalue weighted by atomic mass is 10.1. The number of para-hydroxylation sites is 1. The van der Waals surface area contributed by atoms with Gasteiger partial charge >= 0.3 is 0 Å². The summed E-state index contributed by atoms with van der Waals surface area (Å²) in [4.78, 5) is 15.3. The molecule has 1 amide bonds. The van der Waals surface area contributed by atoms with E-state index in [0.29, 0.717) is 0 Å². The smallest absolute Gasteiger partial charge is 0.244 e. The third-order valence-corrected chi connectivity index (χ3v) is 4.50. The highest BCUT2D eigenvalue weighted by molar-refractivity contribution is 5.92. The number of aromatic amines is 1. The Hall–Kier alpha value is -3.60. The van der Waals surface area contributed by atoms with Crippen LogP contribution in [0.1, 0.15) is 11.1 Å². The SMILES string of the molecule is COc1ccc2cc(C=NNC(=O)Cc3c[nH]c4ccccc34)ccc2c1. The maximum Gasteiger partial charge on any atom is 0.244 e. The summed E-state index contributed by atoms with van der Waals surface area (Å²) in [6.07, 6.45) is 3.79. The van der Waals surface area contributed by atoms with Crippen molar-refractivity contribution >= 4 is 33.8 Å². The van der Waals surface area contributed by atoms with Crippen molar-refractivity contribution in [3.8, 4) is 5.75 Å². The Morgan fingerprint density at radius 3 is 2.81 bits per heavy atom. The molecule has 3 aromatic carbocycles. The quantitative estimate of drug-likeness (QED) is 0.418. The second kappa shape index (κ2) is 7.33. The standard InChI is InChI=1S/C22H19N3O2/c1-27-19-9-8-16-10-15(6-7-17(16)11-19)13-24-25-22(26)12-18-14-23-21-5-3-2-4-20(18)21/h2-11,13-14,23H,12H2,1H3,(H,25,26). The summed E-state index contributed by atoms with van der Waals surface area (Å²) in [5, 5.41) is 7.32. The molecule has 27 heavy (non-hydrogen) atoms. The highest BCUT2D eigenvalue weighted by atomic mass is 16.5. The molecule has 0 bridgehead atoms. The maximum absolute atomic E-state index is 12.2. The van der Waals surface area contributed by atoms with E-state index in [1.807, 2.05) is 66.9 Å². The van der Waals surface area contributed by atoms with Crippen LogP contribution < -0.4 is 10.2 Å². The molecule has 0 unspecified atom stereocenters. The van der Waals surface area contributed by atoms with Gasteiger partial charge in [-0.1, -0.05) is 36.4 Å². The number of benzene rings is 3. The van der Waals surface area contributed by atoms with E-state index in [9.17, 15) is 4.79 Å². The van der Waals surface area contributed by atoms with Gasteiger partial charge in [-0.05, 0) is 46.2 Å². The van der Waals surface area contributed by atoms with Gasteiger partial charge in [0.05, 0.1) is 19.7 Å². The molecule has 2 N–H and O–H groups in total. The molecule has 0 aliphatic carbocycles. The third kappa shape index (κ3) is 3.67. The lowest BCUT2D eigenvalue weighted by Crippen LogP contribution is -2.19. The van der Waals surface area contributed by atoms with E-state index >= 15 is 0 Å². The summed E-state index contributed by atoms with van der Waals surface area (Å²) >= 11 is 0. The summed E-state index contributed by atoms with van der Waals surface area (Å²) in [6, 6.07) is 19.8. The molecule has 134 valence electrons. The van der Waals surface area contributed by atoms with Crippen LogP contribution in [-0.2, 0) is 11.2 Å². The Morgan fingerprint density at radius 2 is 1.93 bits per heavy atom. The van der Waals surface area contributed by atoms with Crippen LogP contribution in [0.3, 0.4) is 0 Å². The number of hydrogen-bond acceptors (Lipinski definition) is 3. The van der Waals surface area contributed by atoms with Gasteiger partial charge in [0.1, 0.15) is 5.75 Å². The van der Waals surface area contributed by atoms with E-state index in [1.165, 1.54) is 0 Å². The molecule has 0 spiro atoms. The molecule has 5 heteroatoms. The Morgan fingerprint density at radius 1 is 1.11 bits per heavy atom. The van der Waals surface area contributed by atoms with Crippen LogP contribution in [0.4, 0.5) is 0 Å². The van der Waals surface area contributed by atoms with E-state index in [2.05, 4.69) is 15.5 Å². The maximum atomic E-state index is 12.2. The zero-order chi connectivity index (χ0) is 18.6. The number of hydrogen-bond donors (Lipinski definition) is 2. The molecule has 5 nitrogen and oxygen atoms in total. The van der Waals surface area contributed by atoms with Crippen molar-refractivity contribution in [1.82, 2.24) is 10.4 Å². The number of H-pyrrole nitrogens is 1. The number of nitrogens with zero attached hydrogens (tertiary/aromatic N) is 1. The molecule has 0 aliphatic heterocycles. The monoisotopic (exact) mass is 357 g/mol. The number of hydrazone groups is 1. The van der Waals surface area contributed by atoms with E-state index in [-0.39, 0.29) is 12.3 Å². The predicted molar refractivity (Wildman–Crippen MR) is 108 cm³/mol. The molecule has 0 radical (unpaired) electrons. The first-order valence-corrected chi connectivity index (χ1v) is 8.67. The second-order valence-electron chi connectivity index (χ2n) is 6.30. The lowest BCUT2D eigenvalue weighted by Gasteiger charge is -2.03. The van der Waals surface area contributed by atoms with E-state index in [0.717, 1.165) is 38.6 Å². The zero-order valence-corrected chi connectivity index (χ0v) is 14.9. The minimum Gasteiger partial charge on any atom is -0.497 e. The van der Waals surface area contributed by atoms with Crippen molar-refractivity contribution in [2.24, 2.45) is 5.10 Å². The molecular formula is C22H19N3O2. The molecule has 0 saturated heterocycles. The Balaban J connectivity index is 1.42. The molecule has 0 fully saturated rings. The van der Waals surface area contributed by atoms with Crippen molar-refractivity contribution < 1.29 is 9.53 Å². The summed E-state index contributed by atoms with van der Waals surface area (Å²) in [5.41, 5.74) is 5.49. The van der Waals surface area contributed by atoms with Crippen molar-refractivity contribution in [2.75, 3.05) is 7.11 Å². The van der Waals surface area contributed by atoms with Crippen LogP contribution >= 0.6 is 0 Å². The Kier molecular flexibility index (Phi) is 4.58. The summed E-state index contributed by atoms with van der Waals surface area (Å²) in [5.74, 6) is 0.676. The number of aromatic nitrogens is 1. The van der Waals surface area contributed by atoms with Crippen LogP contribution in [0.2, 0.25) is 0 Å². The number of rotatable bonds is 5. The second-order valence-corrected chi connectivity index (χ2v) is 6.30. The van der Waals surface area contributed by atoms with Crippen molar-refractivity contribution in [1.29, 1.82) is 0 Å². The molecular weight excluding hydrogens is 338 g/mol. The molecule has 0 atom stereocenters. The fourth-order valence-corrected chi connectivity index (χ4v) is 3.12. The van der Waals surface area contributed by atoms with Gasteiger partial charge in [0.2, 0.25) is 5.91 Å². The van der Waals surface area contributed by atoms with Gasteiger partial charge in [0, 0.05) is 17.1 Å². The highest BCUT2D eigenvalue weighted by Gasteiger charge is 2.07. The zero-order valence-electron chi connectivity index (χ0n) is 14.9. The van der Waals surface area contributed by atoms with Crippen molar-refractivity contribution in [3.63, 3.8) is 0 Å². The average Bonchev–Trinajstić information content (AvgIpc) is 3.10. The van der Waals surface area contributed by atoms with Crippen molar-refractivity contribution in [2.45, 2.75) is 6.42 Å². The van der Waals surface area contributed by atoms with Crippen LogP contribution in [0.25, 0.3) is 21.7 Å². The first-order chi connectivity index (χ1) is 13.2. The lowest BCUT2D eigenvalue weighted by molar-refractivity contribution is -0.120. The van der Waals surface area contributed by atoms with Crippen LogP contribution in [0.15, 0.2) is 72.0 Å². The predicted octanol–water partition coefficient (Wildman–Crippen LogP) is 4.02. The van der Waals surface area contributed by atoms with Gasteiger partial charge in [0.25, 0.3) is 0 Å². The molecule has 0 aliphatic rings. The minimum absolute atomic E-state index is 0.151. The Labute approximate surface area is 156 Å². The van der Waals surface area contributed by atoms with E-state index in [1.54, 1.807) is 13.3 Å². The molecule has 1 aromatic heterocycles. The van der Waals surface area contributed by atoms with Gasteiger partial charge in [0.15, 0.2) is 0 Å². The minimum atomic E-state index is -0.151. The van der Waals surface area contributed by atoms with Gasteiger partial charge in [-0.2, -0.15) is 5.10 Å². The van der Waals surface area contributed by atoms with Gasteiger partial charge < -0.3 is 9.72 Å². The van der Waals surface area contributed by atoms with Gasteiger partial charge in [-0.3, -0.25) is 4.79 Å². The van der Waals surface area contributed by atoms with E-state index in [4.69, 9.17) is 4.74 Å². The molecule has 4 aromatic rings. The number of amides is 1. The van der Waals surface area contributed by atoms with E-state index < -0.39 is 0 Å². The average molecular weight is 357 g/mol. The largest absolute Gasteiger partial charge is 0.497 e. The summed E-state index contributed by atoms with van der Waals surface area (Å²) in [7, 11) is 1.65. The number of methoxy groups -OCH3 is 1. The van der Waals surface area contributed by atoms with Gasteiger partial charge in [-0.25, -0.2) is 5.43 Å². The number of nitrogens with one attached hydrogen (secondary N) is 2. The fourth-order valence-electron chi connectivity index (χ4n) is 3.12. The first-order valence-electron chi connectivity index (χ1n) is 8.67. The van der Waals surface area contributed by atoms with Crippen LogP contribution in [0.5, 0.6) is 5.75 Å². The Bertz CT molecular complexity index is 1140.